The molecule has 244 valence electrons. The van der Waals surface area contributed by atoms with E-state index in [1.165, 1.54) is 0 Å². The van der Waals surface area contributed by atoms with Gasteiger partial charge in [-0.3, -0.25) is 4.98 Å². The van der Waals surface area contributed by atoms with Gasteiger partial charge in [-0.15, -0.1) is 11.8 Å². The van der Waals surface area contributed by atoms with Crippen LogP contribution in [0.2, 0.25) is 5.02 Å². The van der Waals surface area contributed by atoms with E-state index >= 15 is 0 Å². The molecular formula is C41H34ClN3O3S. The number of urea groups is 1. The Labute approximate surface area is 294 Å². The number of nitrogens with one attached hydrogen (secondary N) is 1. The molecule has 5 aromatic carbocycles. The second-order valence-electron chi connectivity index (χ2n) is 11.8. The van der Waals surface area contributed by atoms with Crippen molar-refractivity contribution < 1.29 is 13.9 Å². The molecule has 7 rings (SSSR count). The quantitative estimate of drug-likeness (QED) is 0.145. The molecule has 2 heterocycles. The molecule has 0 radical (unpaired) electrons. The van der Waals surface area contributed by atoms with E-state index in [9.17, 15) is 4.79 Å². The molecule has 8 heteroatoms. The van der Waals surface area contributed by atoms with Gasteiger partial charge in [0.1, 0.15) is 23.7 Å². The van der Waals surface area contributed by atoms with Crippen LogP contribution in [0.25, 0.3) is 33.0 Å². The summed E-state index contributed by atoms with van der Waals surface area (Å²) < 4.78 is 12.6. The van der Waals surface area contributed by atoms with Gasteiger partial charge in [-0.2, -0.15) is 0 Å². The monoisotopic (exact) mass is 683 g/mol. The number of thioether (sulfide) groups is 1. The van der Waals surface area contributed by atoms with E-state index in [1.54, 1.807) is 22.9 Å². The number of pyridine rings is 1. The first-order valence-corrected chi connectivity index (χ1v) is 17.6. The third-order valence-corrected chi connectivity index (χ3v) is 9.45. The molecule has 2 amide bonds. The third-order valence-electron chi connectivity index (χ3n) is 8.41. The van der Waals surface area contributed by atoms with Crippen molar-refractivity contribution in [2.75, 3.05) is 11.6 Å². The van der Waals surface area contributed by atoms with Crippen LogP contribution in [0.5, 0.6) is 5.75 Å². The Morgan fingerprint density at radius 3 is 2.43 bits per heavy atom. The maximum absolute atomic E-state index is 14.4. The van der Waals surface area contributed by atoms with Gasteiger partial charge in [0.2, 0.25) is 0 Å². The first-order chi connectivity index (χ1) is 23.9. The highest BCUT2D eigenvalue weighted by Crippen LogP contribution is 2.38. The molecule has 0 fully saturated rings. The highest BCUT2D eigenvalue weighted by atomic mass is 35.5. The molecule has 0 unspecified atom stereocenters. The van der Waals surface area contributed by atoms with Crippen LogP contribution in [-0.4, -0.2) is 22.2 Å². The largest absolute Gasteiger partial charge is 0.489 e. The predicted molar refractivity (Wildman–Crippen MR) is 200 cm³/mol. The van der Waals surface area contributed by atoms with Gasteiger partial charge in [0.25, 0.3) is 0 Å². The number of furan rings is 1. The van der Waals surface area contributed by atoms with Crippen molar-refractivity contribution in [3.05, 3.63) is 155 Å². The van der Waals surface area contributed by atoms with Crippen molar-refractivity contribution in [2.45, 2.75) is 31.5 Å². The summed E-state index contributed by atoms with van der Waals surface area (Å²) >= 11 is 7.86. The van der Waals surface area contributed by atoms with Crippen molar-refractivity contribution in [3.8, 4) is 16.9 Å². The highest BCUT2D eigenvalue weighted by molar-refractivity contribution is 7.98. The molecule has 0 atom stereocenters. The van der Waals surface area contributed by atoms with Crippen LogP contribution in [0.3, 0.4) is 0 Å². The molecule has 6 nitrogen and oxygen atoms in total. The molecule has 0 saturated heterocycles. The van der Waals surface area contributed by atoms with Crippen molar-refractivity contribution in [1.29, 1.82) is 0 Å². The Kier molecular flexibility index (Phi) is 9.55. The van der Waals surface area contributed by atoms with E-state index in [4.69, 9.17) is 20.8 Å². The minimum Gasteiger partial charge on any atom is -0.489 e. The molecule has 0 aliphatic heterocycles. The van der Waals surface area contributed by atoms with Crippen LogP contribution in [0.4, 0.5) is 10.5 Å². The second-order valence-corrected chi connectivity index (χ2v) is 13.1. The van der Waals surface area contributed by atoms with Gasteiger partial charge in [0.05, 0.1) is 17.7 Å². The average molecular weight is 684 g/mol. The van der Waals surface area contributed by atoms with Crippen molar-refractivity contribution >= 4 is 57.0 Å². The molecule has 0 aliphatic rings. The Morgan fingerprint density at radius 2 is 1.65 bits per heavy atom. The predicted octanol–water partition coefficient (Wildman–Crippen LogP) is 11.1. The van der Waals surface area contributed by atoms with Gasteiger partial charge >= 0.3 is 6.03 Å². The molecule has 0 spiro atoms. The number of aromatic nitrogens is 1. The summed E-state index contributed by atoms with van der Waals surface area (Å²) in [6, 6.07) is 39.4. The van der Waals surface area contributed by atoms with Crippen LogP contribution in [0, 0.1) is 6.92 Å². The molecule has 7 aromatic rings. The standard InChI is InChI=1S/C41H34ClN3O3S/c1-27-10-20-36-34(23-27)39(30-13-15-31(42)16-14-30)37(48-36)25-45(24-28-11-17-32(18-12-28)47-26-29-7-4-3-5-8-29)41(46)44-40-33-9-6-22-43-35(33)19-21-38(40)49-2/h3-23H,24-26H2,1-2H3,(H,44,46). The second kappa shape index (κ2) is 14.5. The van der Waals surface area contributed by atoms with E-state index in [0.717, 1.165) is 66.0 Å². The maximum Gasteiger partial charge on any atom is 0.322 e. The number of nitrogens with zero attached hydrogens (tertiary/aromatic N) is 2. The lowest BCUT2D eigenvalue weighted by atomic mass is 10.0. The highest BCUT2D eigenvalue weighted by Gasteiger charge is 2.24. The Morgan fingerprint density at radius 1 is 0.857 bits per heavy atom. The minimum atomic E-state index is -0.255. The van der Waals surface area contributed by atoms with Gasteiger partial charge in [-0.1, -0.05) is 77.8 Å². The van der Waals surface area contributed by atoms with Crippen molar-refractivity contribution in [3.63, 3.8) is 0 Å². The molecular weight excluding hydrogens is 650 g/mol. The first kappa shape index (κ1) is 32.3. The molecule has 49 heavy (non-hydrogen) atoms. The number of anilines is 1. The number of benzene rings is 5. The summed E-state index contributed by atoms with van der Waals surface area (Å²) in [5, 5.41) is 5.77. The number of hydrogen-bond donors (Lipinski definition) is 1. The Hall–Kier alpha value is -5.24. The summed E-state index contributed by atoms with van der Waals surface area (Å²) in [7, 11) is 0. The fourth-order valence-corrected chi connectivity index (χ4v) is 6.64. The van der Waals surface area contributed by atoms with Gasteiger partial charge in [0, 0.05) is 39.0 Å². The van der Waals surface area contributed by atoms with Gasteiger partial charge in [-0.25, -0.2) is 4.79 Å². The number of fused-ring (bicyclic) bond motifs is 2. The molecule has 0 saturated carbocycles. The van der Waals surface area contributed by atoms with Crippen molar-refractivity contribution in [1.82, 2.24) is 9.88 Å². The fraction of sp³-hybridized carbons (Fsp3) is 0.122. The maximum atomic E-state index is 14.4. The Bertz CT molecular complexity index is 2240. The number of carbonyl (C=O) groups is 1. The lowest BCUT2D eigenvalue weighted by Gasteiger charge is -2.24. The topological polar surface area (TPSA) is 67.6 Å². The minimum absolute atomic E-state index is 0.224. The van der Waals surface area contributed by atoms with Crippen LogP contribution >= 0.6 is 23.4 Å². The number of aryl methyl sites for hydroxylation is 1. The number of halogens is 1. The number of amides is 2. The van der Waals surface area contributed by atoms with Gasteiger partial charge in [0.15, 0.2) is 0 Å². The zero-order valence-electron chi connectivity index (χ0n) is 27.2. The van der Waals surface area contributed by atoms with Gasteiger partial charge in [-0.05, 0) is 90.5 Å². The molecule has 0 aliphatic carbocycles. The first-order valence-electron chi connectivity index (χ1n) is 16.0. The lowest BCUT2D eigenvalue weighted by Crippen LogP contribution is -2.34. The summed E-state index contributed by atoms with van der Waals surface area (Å²) in [5.41, 5.74) is 7.38. The average Bonchev–Trinajstić information content (AvgIpc) is 3.48. The zero-order chi connectivity index (χ0) is 33.7. The van der Waals surface area contributed by atoms with E-state index in [-0.39, 0.29) is 12.6 Å². The van der Waals surface area contributed by atoms with E-state index in [2.05, 4.69) is 23.3 Å². The lowest BCUT2D eigenvalue weighted by molar-refractivity contribution is 0.202. The van der Waals surface area contributed by atoms with E-state index in [0.29, 0.717) is 23.9 Å². The SMILES string of the molecule is CSc1ccc2ncccc2c1NC(=O)N(Cc1ccc(OCc2ccccc2)cc1)Cc1oc2ccc(C)cc2c1-c1ccc(Cl)cc1. The summed E-state index contributed by atoms with van der Waals surface area (Å²) in [6.07, 6.45) is 3.76. The number of carbonyl (C=O) groups excluding carboxylic acids is 1. The smallest absolute Gasteiger partial charge is 0.322 e. The Balaban J connectivity index is 1.24. The van der Waals surface area contributed by atoms with Crippen LogP contribution < -0.4 is 10.1 Å². The number of ether oxygens (including phenoxy) is 1. The van der Waals surface area contributed by atoms with E-state index < -0.39 is 0 Å². The summed E-state index contributed by atoms with van der Waals surface area (Å²) in [4.78, 5) is 21.7. The van der Waals surface area contributed by atoms with E-state index in [1.807, 2.05) is 122 Å². The zero-order valence-corrected chi connectivity index (χ0v) is 28.7. The molecule has 1 N–H and O–H groups in total. The summed E-state index contributed by atoms with van der Waals surface area (Å²) in [6.45, 7) is 3.10. The number of rotatable bonds is 10. The fourth-order valence-electron chi connectivity index (χ4n) is 5.95. The van der Waals surface area contributed by atoms with Gasteiger partial charge < -0.3 is 19.4 Å². The normalized spacial score (nSPS) is 11.2. The molecule has 2 aromatic heterocycles. The van der Waals surface area contributed by atoms with Crippen molar-refractivity contribution in [2.24, 2.45) is 0 Å². The third kappa shape index (κ3) is 7.28. The van der Waals surface area contributed by atoms with Crippen LogP contribution in [0.15, 0.2) is 137 Å². The summed E-state index contributed by atoms with van der Waals surface area (Å²) in [5.74, 6) is 1.44. The van der Waals surface area contributed by atoms with Crippen LogP contribution in [0.1, 0.15) is 22.5 Å². The molecule has 0 bridgehead atoms. The number of hydrogen-bond acceptors (Lipinski definition) is 5. The van der Waals surface area contributed by atoms with Crippen LogP contribution in [-0.2, 0) is 19.7 Å².